The second-order valence-electron chi connectivity index (χ2n) is 4.52. The Hall–Kier alpha value is -1.21. The van der Waals surface area contributed by atoms with Crippen LogP contribution in [0.2, 0.25) is 0 Å². The molecule has 7 heteroatoms. The van der Waals surface area contributed by atoms with Crippen molar-refractivity contribution in [2.24, 2.45) is 5.73 Å². The molecule has 2 heterocycles. The van der Waals surface area contributed by atoms with Crippen LogP contribution in [0.1, 0.15) is 43.4 Å². The Bertz CT molecular complexity index is 559. The minimum Gasteiger partial charge on any atom is -0.323 e. The van der Waals surface area contributed by atoms with E-state index in [0.717, 1.165) is 34.5 Å². The highest BCUT2D eigenvalue weighted by molar-refractivity contribution is 9.10. The van der Waals surface area contributed by atoms with Crippen molar-refractivity contribution in [2.75, 3.05) is 0 Å². The van der Waals surface area contributed by atoms with Crippen LogP contribution in [0.25, 0.3) is 0 Å². The maximum absolute atomic E-state index is 5.95. The van der Waals surface area contributed by atoms with E-state index in [0.29, 0.717) is 6.54 Å². The van der Waals surface area contributed by atoms with E-state index < -0.39 is 0 Å². The van der Waals surface area contributed by atoms with Gasteiger partial charge in [0.05, 0.1) is 40.3 Å². The Balaban J connectivity index is 2.24. The molecule has 19 heavy (non-hydrogen) atoms. The van der Waals surface area contributed by atoms with Gasteiger partial charge >= 0.3 is 0 Å². The van der Waals surface area contributed by atoms with Gasteiger partial charge in [-0.25, -0.2) is 4.68 Å². The Morgan fingerprint density at radius 1 is 1.42 bits per heavy atom. The summed E-state index contributed by atoms with van der Waals surface area (Å²) < 4.78 is 4.81. The van der Waals surface area contributed by atoms with Crippen LogP contribution in [0, 0.1) is 6.92 Å². The molecule has 104 valence electrons. The van der Waals surface area contributed by atoms with Crippen LogP contribution in [0.4, 0.5) is 0 Å². The van der Waals surface area contributed by atoms with Gasteiger partial charge in [0.2, 0.25) is 0 Å². The Kier molecular flexibility index (Phi) is 4.36. The molecule has 0 saturated carbocycles. The van der Waals surface area contributed by atoms with E-state index in [2.05, 4.69) is 38.3 Å². The molecule has 0 radical (unpaired) electrons. The van der Waals surface area contributed by atoms with Crippen molar-refractivity contribution in [3.05, 3.63) is 27.8 Å². The SMILES string of the molecule is CCC(N)c1cn(Cc2c(Br)c(C)nn2CC)nn1. The van der Waals surface area contributed by atoms with Gasteiger partial charge in [0.25, 0.3) is 0 Å². The summed E-state index contributed by atoms with van der Waals surface area (Å²) in [6.07, 6.45) is 2.76. The Labute approximate surface area is 121 Å². The summed E-state index contributed by atoms with van der Waals surface area (Å²) in [4.78, 5) is 0. The van der Waals surface area contributed by atoms with Crippen LogP contribution in [0.15, 0.2) is 10.7 Å². The zero-order valence-corrected chi connectivity index (χ0v) is 13.1. The van der Waals surface area contributed by atoms with E-state index in [1.165, 1.54) is 0 Å². The maximum Gasteiger partial charge on any atom is 0.0994 e. The number of hydrogen-bond acceptors (Lipinski definition) is 4. The van der Waals surface area contributed by atoms with Crippen molar-refractivity contribution in [2.45, 2.75) is 46.3 Å². The molecular formula is C12H19BrN6. The third kappa shape index (κ3) is 2.87. The molecule has 1 atom stereocenters. The quantitative estimate of drug-likeness (QED) is 0.912. The van der Waals surface area contributed by atoms with Gasteiger partial charge in [-0.1, -0.05) is 12.1 Å². The highest BCUT2D eigenvalue weighted by Gasteiger charge is 2.14. The molecule has 0 spiro atoms. The molecule has 2 aromatic rings. The fraction of sp³-hybridized carbons (Fsp3) is 0.583. The van der Waals surface area contributed by atoms with E-state index in [1.807, 2.05) is 24.7 Å². The maximum atomic E-state index is 5.95. The largest absolute Gasteiger partial charge is 0.323 e. The number of nitrogens with two attached hydrogens (primary N) is 1. The molecule has 0 saturated heterocycles. The second-order valence-corrected chi connectivity index (χ2v) is 5.31. The van der Waals surface area contributed by atoms with Crippen LogP contribution in [-0.4, -0.2) is 24.8 Å². The third-order valence-corrected chi connectivity index (χ3v) is 4.17. The fourth-order valence-electron chi connectivity index (χ4n) is 1.94. The van der Waals surface area contributed by atoms with Gasteiger partial charge in [-0.3, -0.25) is 4.68 Å². The van der Waals surface area contributed by atoms with Gasteiger partial charge in [-0.05, 0) is 36.2 Å². The average molecular weight is 327 g/mol. The van der Waals surface area contributed by atoms with Gasteiger partial charge in [0.1, 0.15) is 0 Å². The lowest BCUT2D eigenvalue weighted by atomic mass is 10.2. The minimum absolute atomic E-state index is 0.0463. The van der Waals surface area contributed by atoms with Gasteiger partial charge < -0.3 is 5.73 Å². The van der Waals surface area contributed by atoms with Crippen molar-refractivity contribution in [3.8, 4) is 0 Å². The molecule has 0 aliphatic carbocycles. The summed E-state index contributed by atoms with van der Waals surface area (Å²) in [5, 5.41) is 12.7. The molecule has 2 N–H and O–H groups in total. The van der Waals surface area contributed by atoms with Crippen molar-refractivity contribution in [3.63, 3.8) is 0 Å². The van der Waals surface area contributed by atoms with Gasteiger partial charge in [-0.15, -0.1) is 5.10 Å². The molecular weight excluding hydrogens is 308 g/mol. The molecule has 6 nitrogen and oxygen atoms in total. The Morgan fingerprint density at radius 2 is 2.16 bits per heavy atom. The number of hydrogen-bond donors (Lipinski definition) is 1. The standard InChI is InChI=1S/C12H19BrN6/c1-4-9(14)10-6-18(17-15-10)7-11-12(13)8(3)16-19(11)5-2/h6,9H,4-5,7,14H2,1-3H3. The van der Waals surface area contributed by atoms with Crippen LogP contribution in [0.3, 0.4) is 0 Å². The normalized spacial score (nSPS) is 12.9. The molecule has 2 rings (SSSR count). The smallest absolute Gasteiger partial charge is 0.0994 e. The summed E-state index contributed by atoms with van der Waals surface area (Å²) in [5.41, 5.74) is 8.87. The molecule has 0 fully saturated rings. The Morgan fingerprint density at radius 3 is 2.79 bits per heavy atom. The number of aromatic nitrogens is 5. The molecule has 0 aliphatic rings. The highest BCUT2D eigenvalue weighted by Crippen LogP contribution is 2.22. The fourth-order valence-corrected chi connectivity index (χ4v) is 2.35. The predicted molar refractivity (Wildman–Crippen MR) is 76.7 cm³/mol. The monoisotopic (exact) mass is 326 g/mol. The lowest BCUT2D eigenvalue weighted by Gasteiger charge is -2.05. The number of rotatable bonds is 5. The van der Waals surface area contributed by atoms with Crippen LogP contribution in [0.5, 0.6) is 0 Å². The minimum atomic E-state index is -0.0463. The molecule has 0 aromatic carbocycles. The molecule has 2 aromatic heterocycles. The van der Waals surface area contributed by atoms with E-state index in [-0.39, 0.29) is 6.04 Å². The summed E-state index contributed by atoms with van der Waals surface area (Å²) in [5.74, 6) is 0. The van der Waals surface area contributed by atoms with Crippen LogP contribution in [-0.2, 0) is 13.1 Å². The van der Waals surface area contributed by atoms with E-state index in [4.69, 9.17) is 5.73 Å². The summed E-state index contributed by atoms with van der Waals surface area (Å²) >= 11 is 3.58. The van der Waals surface area contributed by atoms with E-state index in [9.17, 15) is 0 Å². The first-order valence-corrected chi connectivity index (χ1v) is 7.23. The molecule has 0 bridgehead atoms. The molecule has 0 aliphatic heterocycles. The predicted octanol–water partition coefficient (Wildman–Crippen LogP) is 2.02. The first kappa shape index (κ1) is 14.2. The van der Waals surface area contributed by atoms with Crippen molar-refractivity contribution in [1.29, 1.82) is 0 Å². The van der Waals surface area contributed by atoms with Crippen molar-refractivity contribution in [1.82, 2.24) is 24.8 Å². The van der Waals surface area contributed by atoms with Gasteiger partial charge in [0, 0.05) is 6.54 Å². The average Bonchev–Trinajstić information content (AvgIpc) is 2.98. The number of aryl methyl sites for hydroxylation is 2. The second kappa shape index (κ2) is 5.83. The summed E-state index contributed by atoms with van der Waals surface area (Å²) in [6.45, 7) is 7.56. The van der Waals surface area contributed by atoms with Crippen LogP contribution >= 0.6 is 15.9 Å². The molecule has 0 amide bonds. The zero-order chi connectivity index (χ0) is 14.0. The molecule has 1 unspecified atom stereocenters. The summed E-state index contributed by atoms with van der Waals surface area (Å²) in [6, 6.07) is -0.0463. The van der Waals surface area contributed by atoms with E-state index >= 15 is 0 Å². The third-order valence-electron chi connectivity index (χ3n) is 3.14. The van der Waals surface area contributed by atoms with Gasteiger partial charge in [0.15, 0.2) is 0 Å². The lowest BCUT2D eigenvalue weighted by Crippen LogP contribution is -2.10. The van der Waals surface area contributed by atoms with Crippen molar-refractivity contribution >= 4 is 15.9 Å². The first-order valence-electron chi connectivity index (χ1n) is 6.44. The van der Waals surface area contributed by atoms with Crippen molar-refractivity contribution < 1.29 is 0 Å². The topological polar surface area (TPSA) is 74.6 Å². The van der Waals surface area contributed by atoms with Gasteiger partial charge in [-0.2, -0.15) is 5.10 Å². The first-order chi connectivity index (χ1) is 9.06. The van der Waals surface area contributed by atoms with Crippen LogP contribution < -0.4 is 5.73 Å². The highest BCUT2D eigenvalue weighted by atomic mass is 79.9. The number of halogens is 1. The summed E-state index contributed by atoms with van der Waals surface area (Å²) in [7, 11) is 0. The van der Waals surface area contributed by atoms with E-state index in [1.54, 1.807) is 4.68 Å². The lowest BCUT2D eigenvalue weighted by molar-refractivity contribution is 0.563. The number of nitrogens with zero attached hydrogens (tertiary/aromatic N) is 5. The zero-order valence-electron chi connectivity index (χ0n) is 11.5.